The molecule has 2 atom stereocenters. The predicted molar refractivity (Wildman–Crippen MR) is 132 cm³/mol. The monoisotopic (exact) mass is 485 g/mol. The van der Waals surface area contributed by atoms with Crippen LogP contribution in [-0.4, -0.2) is 89.4 Å². The number of fused-ring (bicyclic) bond motifs is 1. The molecule has 1 unspecified atom stereocenters. The van der Waals surface area contributed by atoms with Crippen LogP contribution in [-0.2, 0) is 17.7 Å². The highest BCUT2D eigenvalue weighted by Crippen LogP contribution is 2.31. The van der Waals surface area contributed by atoms with E-state index in [1.54, 1.807) is 4.90 Å². The summed E-state index contributed by atoms with van der Waals surface area (Å²) in [5.74, 6) is 0.864. The van der Waals surface area contributed by atoms with E-state index < -0.39 is 5.60 Å². The van der Waals surface area contributed by atoms with E-state index in [9.17, 15) is 10.1 Å². The van der Waals surface area contributed by atoms with Crippen molar-refractivity contribution in [2.75, 3.05) is 51.3 Å². The maximum absolute atomic E-state index is 12.8. The molecule has 35 heavy (non-hydrogen) atoms. The third kappa shape index (κ3) is 5.78. The number of rotatable bonds is 5. The van der Waals surface area contributed by atoms with E-state index in [-0.39, 0.29) is 24.1 Å². The van der Waals surface area contributed by atoms with Gasteiger partial charge >= 0.3 is 12.1 Å². The van der Waals surface area contributed by atoms with Gasteiger partial charge in [-0.15, -0.1) is 0 Å². The molecule has 3 aliphatic heterocycles. The number of likely N-dealkylation sites (tertiary alicyclic amines) is 1. The summed E-state index contributed by atoms with van der Waals surface area (Å²) in [6.07, 6.45) is 2.95. The minimum atomic E-state index is -0.583. The molecule has 192 valence electrons. The number of nitrogens with one attached hydrogen (secondary N) is 1. The molecular weight excluding hydrogens is 446 g/mol. The van der Waals surface area contributed by atoms with Crippen LogP contribution in [0.3, 0.4) is 0 Å². The van der Waals surface area contributed by atoms with Gasteiger partial charge in [-0.25, -0.2) is 4.79 Å². The highest BCUT2D eigenvalue weighted by Gasteiger charge is 2.37. The lowest BCUT2D eigenvalue weighted by Gasteiger charge is -2.42. The van der Waals surface area contributed by atoms with Crippen LogP contribution in [0.1, 0.15) is 58.2 Å². The van der Waals surface area contributed by atoms with E-state index in [1.165, 1.54) is 6.42 Å². The molecule has 2 fully saturated rings. The lowest BCUT2D eigenvalue weighted by atomic mass is 10.0. The van der Waals surface area contributed by atoms with Gasteiger partial charge in [0.2, 0.25) is 0 Å². The van der Waals surface area contributed by atoms with Crippen LogP contribution >= 0.6 is 0 Å². The van der Waals surface area contributed by atoms with Crippen LogP contribution in [0.15, 0.2) is 0 Å². The van der Waals surface area contributed by atoms with Gasteiger partial charge in [0.05, 0.1) is 29.8 Å². The number of hydrogen-bond donors (Lipinski definition) is 1. The average molecular weight is 486 g/mol. The van der Waals surface area contributed by atoms with Gasteiger partial charge in [0.25, 0.3) is 0 Å². The largest absolute Gasteiger partial charge is 0.461 e. The lowest BCUT2D eigenvalue weighted by Crippen LogP contribution is -2.56. The van der Waals surface area contributed by atoms with Crippen LogP contribution in [0.5, 0.6) is 6.01 Å². The maximum atomic E-state index is 12.8. The van der Waals surface area contributed by atoms with E-state index in [0.717, 1.165) is 43.0 Å². The van der Waals surface area contributed by atoms with Crippen molar-refractivity contribution in [1.82, 2.24) is 25.1 Å². The highest BCUT2D eigenvalue weighted by atomic mass is 16.6. The summed E-state index contributed by atoms with van der Waals surface area (Å²) >= 11 is 0. The molecule has 0 aliphatic carbocycles. The Morgan fingerprint density at radius 3 is 2.77 bits per heavy atom. The minimum Gasteiger partial charge on any atom is -0.461 e. The smallest absolute Gasteiger partial charge is 0.410 e. The van der Waals surface area contributed by atoms with Gasteiger partial charge in [0.15, 0.2) is 0 Å². The zero-order chi connectivity index (χ0) is 25.2. The number of likely N-dealkylation sites (N-methyl/N-ethyl adjacent to an activating group) is 1. The number of piperazine rings is 1. The molecule has 0 radical (unpaired) electrons. The first-order chi connectivity index (χ1) is 16.6. The normalized spacial score (nSPS) is 25.2. The Morgan fingerprint density at radius 1 is 1.29 bits per heavy atom. The molecule has 0 bridgehead atoms. The van der Waals surface area contributed by atoms with E-state index in [1.807, 2.05) is 20.8 Å². The average Bonchev–Trinajstić information content (AvgIpc) is 3.14. The zero-order valence-corrected chi connectivity index (χ0v) is 21.8. The van der Waals surface area contributed by atoms with Gasteiger partial charge in [0, 0.05) is 31.7 Å². The Balaban J connectivity index is 1.55. The predicted octanol–water partition coefficient (Wildman–Crippen LogP) is 2.32. The fraction of sp³-hybridized carbons (Fsp3) is 0.760. The number of carbonyl (C=O) groups excluding carboxylic acids is 1. The zero-order valence-electron chi connectivity index (χ0n) is 21.8. The van der Waals surface area contributed by atoms with Crippen LogP contribution in [0.4, 0.5) is 10.6 Å². The Morgan fingerprint density at radius 2 is 2.09 bits per heavy atom. The Hall–Kier alpha value is -2.64. The topological polar surface area (TPSA) is 107 Å². The van der Waals surface area contributed by atoms with Crippen molar-refractivity contribution < 1.29 is 14.3 Å². The summed E-state index contributed by atoms with van der Waals surface area (Å²) in [6, 6.07) is 2.37. The van der Waals surface area contributed by atoms with Crippen LogP contribution in [0, 0.1) is 11.3 Å². The second kappa shape index (κ2) is 10.2. The van der Waals surface area contributed by atoms with Crippen molar-refractivity contribution in [3.05, 3.63) is 11.3 Å². The number of amides is 1. The Kier molecular flexibility index (Phi) is 7.38. The molecule has 1 aromatic heterocycles. The van der Waals surface area contributed by atoms with Crippen molar-refractivity contribution >= 4 is 11.9 Å². The Labute approximate surface area is 208 Å². The second-order valence-electron chi connectivity index (χ2n) is 11.1. The molecule has 0 saturated carbocycles. The molecule has 3 aliphatic rings. The van der Waals surface area contributed by atoms with E-state index in [4.69, 9.17) is 19.4 Å². The highest BCUT2D eigenvalue weighted by molar-refractivity contribution is 5.69. The standard InChI is InChI=1S/C25H39N7O3/c1-24(2,3)35-23(33)32-14-13-31(16-18(32)7-10-26)21-19-8-11-27-15-20(19)28-22(29-21)34-17-25(4)9-6-12-30(25)5/h18,27H,6-9,11-17H2,1-5H3/t18?,25-/m0/s1. The van der Waals surface area contributed by atoms with Crippen LogP contribution in [0.2, 0.25) is 0 Å². The Bertz CT molecular complexity index is 973. The van der Waals surface area contributed by atoms with Crippen LogP contribution < -0.4 is 15.0 Å². The molecule has 1 N–H and O–H groups in total. The molecule has 1 aromatic rings. The number of hydrogen-bond acceptors (Lipinski definition) is 9. The first kappa shape index (κ1) is 25.5. The van der Waals surface area contributed by atoms with Crippen molar-refractivity contribution in [2.45, 2.75) is 77.1 Å². The van der Waals surface area contributed by atoms with E-state index in [0.29, 0.717) is 38.8 Å². The number of anilines is 1. The van der Waals surface area contributed by atoms with Gasteiger partial charge in [-0.2, -0.15) is 15.2 Å². The van der Waals surface area contributed by atoms with Crippen molar-refractivity contribution in [3.8, 4) is 12.1 Å². The van der Waals surface area contributed by atoms with Crippen molar-refractivity contribution in [2.24, 2.45) is 0 Å². The third-order valence-corrected chi connectivity index (χ3v) is 7.27. The molecule has 10 nitrogen and oxygen atoms in total. The number of nitrogens with zero attached hydrogens (tertiary/aromatic N) is 6. The molecule has 4 heterocycles. The molecule has 0 aromatic carbocycles. The fourth-order valence-corrected chi connectivity index (χ4v) is 5.09. The van der Waals surface area contributed by atoms with Gasteiger partial charge in [-0.1, -0.05) is 0 Å². The summed E-state index contributed by atoms with van der Waals surface area (Å²) in [4.78, 5) is 28.7. The number of ether oxygens (including phenoxy) is 2. The summed E-state index contributed by atoms with van der Waals surface area (Å²) < 4.78 is 11.8. The van der Waals surface area contributed by atoms with Gasteiger partial charge < -0.3 is 24.6 Å². The van der Waals surface area contributed by atoms with E-state index >= 15 is 0 Å². The molecule has 4 rings (SSSR count). The lowest BCUT2D eigenvalue weighted by molar-refractivity contribution is 0.0144. The van der Waals surface area contributed by atoms with E-state index in [2.05, 4.69) is 35.2 Å². The number of carbonyl (C=O) groups is 1. The maximum Gasteiger partial charge on any atom is 0.410 e. The van der Waals surface area contributed by atoms with Gasteiger partial charge in [-0.05, 0) is 67.1 Å². The third-order valence-electron chi connectivity index (χ3n) is 7.27. The molecular formula is C25H39N7O3. The van der Waals surface area contributed by atoms with Gasteiger partial charge in [0.1, 0.15) is 18.0 Å². The van der Waals surface area contributed by atoms with Crippen molar-refractivity contribution in [1.29, 1.82) is 5.26 Å². The summed E-state index contributed by atoms with van der Waals surface area (Å²) in [6.45, 7) is 12.5. The number of aromatic nitrogens is 2. The quantitative estimate of drug-likeness (QED) is 0.672. The summed E-state index contributed by atoms with van der Waals surface area (Å²) in [5.41, 5.74) is 1.49. The first-order valence-corrected chi connectivity index (χ1v) is 12.7. The van der Waals surface area contributed by atoms with Crippen LogP contribution in [0.25, 0.3) is 0 Å². The number of nitriles is 1. The summed E-state index contributed by atoms with van der Waals surface area (Å²) in [5, 5.41) is 12.9. The summed E-state index contributed by atoms with van der Waals surface area (Å²) in [7, 11) is 2.14. The fourth-order valence-electron chi connectivity index (χ4n) is 5.09. The molecule has 2 saturated heterocycles. The molecule has 1 amide bonds. The SMILES string of the molecule is CN1CCC[C@@]1(C)COc1nc2c(c(N3CCN(C(=O)OC(C)(C)C)C(CC#N)C3)n1)CCNC2. The molecule has 0 spiro atoms. The minimum absolute atomic E-state index is 0.0192. The van der Waals surface area contributed by atoms with Crippen molar-refractivity contribution in [3.63, 3.8) is 0 Å². The second-order valence-corrected chi connectivity index (χ2v) is 11.1. The first-order valence-electron chi connectivity index (χ1n) is 12.7. The van der Waals surface area contributed by atoms with Gasteiger partial charge in [-0.3, -0.25) is 4.90 Å². The molecule has 10 heteroatoms.